The van der Waals surface area contributed by atoms with Gasteiger partial charge >= 0.3 is 0 Å². The van der Waals surface area contributed by atoms with E-state index in [1.54, 1.807) is 18.2 Å². The maximum atomic E-state index is 12.1. The number of fused-ring (bicyclic) bond motifs is 1. The Morgan fingerprint density at radius 1 is 1.33 bits per heavy atom. The van der Waals surface area contributed by atoms with E-state index in [0.29, 0.717) is 28.5 Å². The summed E-state index contributed by atoms with van der Waals surface area (Å²) in [5.74, 6) is -0.327. The number of benzene rings is 1. The third kappa shape index (κ3) is 2.31. The summed E-state index contributed by atoms with van der Waals surface area (Å²) in [5.41, 5.74) is 0.713. The van der Waals surface area contributed by atoms with Gasteiger partial charge in [-0.25, -0.2) is 0 Å². The molecule has 7 heteroatoms. The topological polar surface area (TPSA) is 76.3 Å². The standard InChI is InChI=1S/C14H12ClN3O3/c1-2-4-10-16-11(21-17-10)7-18-12-8(13(19)14(18)20)5-3-6-9(12)15/h3,5-6H,2,4,7H2,1H3. The minimum Gasteiger partial charge on any atom is -0.337 e. The number of halogens is 1. The molecule has 2 aromatic rings. The summed E-state index contributed by atoms with van der Waals surface area (Å²) in [4.78, 5) is 29.5. The van der Waals surface area contributed by atoms with Crippen LogP contribution in [0.5, 0.6) is 0 Å². The predicted molar refractivity (Wildman–Crippen MR) is 75.3 cm³/mol. The molecule has 0 unspecified atom stereocenters. The molecule has 108 valence electrons. The molecule has 0 atom stereocenters. The number of carbonyl (C=O) groups excluding carboxylic acids is 2. The fourth-order valence-electron chi connectivity index (χ4n) is 2.28. The molecule has 0 N–H and O–H groups in total. The van der Waals surface area contributed by atoms with Gasteiger partial charge in [-0.1, -0.05) is 29.7 Å². The summed E-state index contributed by atoms with van der Waals surface area (Å²) in [5, 5.41) is 4.18. The van der Waals surface area contributed by atoms with Gasteiger partial charge in [0.1, 0.15) is 6.54 Å². The molecule has 1 aromatic carbocycles. The van der Waals surface area contributed by atoms with E-state index >= 15 is 0 Å². The smallest absolute Gasteiger partial charge is 0.300 e. The monoisotopic (exact) mass is 305 g/mol. The molecule has 2 heterocycles. The molecule has 0 radical (unpaired) electrons. The molecule has 0 saturated heterocycles. The zero-order valence-corrected chi connectivity index (χ0v) is 12.1. The number of nitrogens with zero attached hydrogens (tertiary/aromatic N) is 3. The van der Waals surface area contributed by atoms with E-state index in [-0.39, 0.29) is 12.4 Å². The van der Waals surface area contributed by atoms with Gasteiger partial charge in [0.2, 0.25) is 5.89 Å². The van der Waals surface area contributed by atoms with E-state index in [1.165, 1.54) is 4.90 Å². The molecule has 0 bridgehead atoms. The molecule has 3 rings (SSSR count). The van der Waals surface area contributed by atoms with Crippen LogP contribution >= 0.6 is 11.6 Å². The maximum Gasteiger partial charge on any atom is 0.300 e. The van der Waals surface area contributed by atoms with Gasteiger partial charge in [-0.05, 0) is 18.6 Å². The summed E-state index contributed by atoms with van der Waals surface area (Å²) in [6.45, 7) is 2.05. The highest BCUT2D eigenvalue weighted by atomic mass is 35.5. The first kappa shape index (κ1) is 13.8. The van der Waals surface area contributed by atoms with E-state index in [4.69, 9.17) is 16.1 Å². The number of amides is 1. The highest BCUT2D eigenvalue weighted by molar-refractivity contribution is 6.54. The maximum absolute atomic E-state index is 12.1. The number of rotatable bonds is 4. The van der Waals surface area contributed by atoms with E-state index in [2.05, 4.69) is 10.1 Å². The van der Waals surface area contributed by atoms with Gasteiger partial charge in [0.15, 0.2) is 5.82 Å². The van der Waals surface area contributed by atoms with Crippen molar-refractivity contribution in [1.82, 2.24) is 10.1 Å². The molecule has 1 amide bonds. The fourth-order valence-corrected chi connectivity index (χ4v) is 2.55. The molecule has 6 nitrogen and oxygen atoms in total. The van der Waals surface area contributed by atoms with E-state index in [0.717, 1.165) is 6.42 Å². The van der Waals surface area contributed by atoms with Crippen molar-refractivity contribution >= 4 is 29.0 Å². The SMILES string of the molecule is CCCc1noc(CN2C(=O)C(=O)c3cccc(Cl)c32)n1. The van der Waals surface area contributed by atoms with Crippen molar-refractivity contribution in [3.8, 4) is 0 Å². The van der Waals surface area contributed by atoms with Crippen LogP contribution in [-0.4, -0.2) is 21.8 Å². The Morgan fingerprint density at radius 3 is 2.90 bits per heavy atom. The predicted octanol–water partition coefficient (Wildman–Crippen LogP) is 2.41. The van der Waals surface area contributed by atoms with Crippen molar-refractivity contribution in [2.24, 2.45) is 0 Å². The van der Waals surface area contributed by atoms with Crippen LogP contribution in [0.25, 0.3) is 0 Å². The Balaban J connectivity index is 1.92. The molecule has 1 aliphatic rings. The average Bonchev–Trinajstić information content (AvgIpc) is 3.00. The molecule has 21 heavy (non-hydrogen) atoms. The molecule has 1 aromatic heterocycles. The number of hydrogen-bond donors (Lipinski definition) is 0. The number of aromatic nitrogens is 2. The van der Waals surface area contributed by atoms with Crippen molar-refractivity contribution in [2.45, 2.75) is 26.3 Å². The van der Waals surface area contributed by atoms with Crippen molar-refractivity contribution < 1.29 is 14.1 Å². The largest absolute Gasteiger partial charge is 0.337 e. The average molecular weight is 306 g/mol. The summed E-state index contributed by atoms with van der Waals surface area (Å²) in [6.07, 6.45) is 1.60. The van der Waals surface area contributed by atoms with E-state index in [1.807, 2.05) is 6.92 Å². The first-order chi connectivity index (χ1) is 10.1. The molecule has 0 fully saturated rings. The van der Waals surface area contributed by atoms with Crippen LogP contribution in [-0.2, 0) is 17.8 Å². The molecule has 0 spiro atoms. The molecule has 0 saturated carbocycles. The Bertz CT molecular complexity index is 726. The van der Waals surface area contributed by atoms with Gasteiger partial charge in [0.05, 0.1) is 16.3 Å². The van der Waals surface area contributed by atoms with Gasteiger partial charge in [-0.3, -0.25) is 14.5 Å². The number of carbonyl (C=O) groups is 2. The highest BCUT2D eigenvalue weighted by Gasteiger charge is 2.38. The lowest BCUT2D eigenvalue weighted by Gasteiger charge is -2.14. The Kier molecular flexibility index (Phi) is 3.47. The van der Waals surface area contributed by atoms with Crippen molar-refractivity contribution in [2.75, 3.05) is 4.90 Å². The quantitative estimate of drug-likeness (QED) is 0.811. The Labute approximate surface area is 125 Å². The lowest BCUT2D eigenvalue weighted by molar-refractivity contribution is -0.114. The Hall–Kier alpha value is -2.21. The molecular weight excluding hydrogens is 294 g/mol. The number of Topliss-reactive ketones (excluding diaryl/α,β-unsaturated/α-hetero) is 1. The van der Waals surface area contributed by atoms with Crippen LogP contribution in [0, 0.1) is 0 Å². The number of ketones is 1. The summed E-state index contributed by atoms with van der Waals surface area (Å²) >= 11 is 6.10. The second-order valence-electron chi connectivity index (χ2n) is 4.71. The van der Waals surface area contributed by atoms with Crippen molar-refractivity contribution in [1.29, 1.82) is 0 Å². The van der Waals surface area contributed by atoms with Crippen molar-refractivity contribution in [3.63, 3.8) is 0 Å². The summed E-state index contributed by atoms with van der Waals surface area (Å²) < 4.78 is 5.11. The highest BCUT2D eigenvalue weighted by Crippen LogP contribution is 2.36. The lowest BCUT2D eigenvalue weighted by atomic mass is 10.1. The van der Waals surface area contributed by atoms with Crippen LogP contribution in [0.15, 0.2) is 22.7 Å². The summed E-state index contributed by atoms with van der Waals surface area (Å²) in [6, 6.07) is 4.86. The number of anilines is 1. The summed E-state index contributed by atoms with van der Waals surface area (Å²) in [7, 11) is 0. The lowest BCUT2D eigenvalue weighted by Crippen LogP contribution is -2.29. The van der Waals surface area contributed by atoms with Crippen LogP contribution in [0.3, 0.4) is 0 Å². The zero-order valence-electron chi connectivity index (χ0n) is 11.3. The zero-order chi connectivity index (χ0) is 15.0. The van der Waals surface area contributed by atoms with Crippen LogP contribution in [0.1, 0.15) is 35.4 Å². The van der Waals surface area contributed by atoms with Crippen LogP contribution in [0.2, 0.25) is 5.02 Å². The minimum atomic E-state index is -0.631. The molecular formula is C14H12ClN3O3. The molecule has 0 aliphatic carbocycles. The Morgan fingerprint density at radius 2 is 2.14 bits per heavy atom. The van der Waals surface area contributed by atoms with Crippen LogP contribution < -0.4 is 4.90 Å². The van der Waals surface area contributed by atoms with Gasteiger partial charge < -0.3 is 4.52 Å². The van der Waals surface area contributed by atoms with Crippen molar-refractivity contribution in [3.05, 3.63) is 40.5 Å². The second-order valence-corrected chi connectivity index (χ2v) is 5.12. The minimum absolute atomic E-state index is 0.0397. The third-order valence-electron chi connectivity index (χ3n) is 3.22. The van der Waals surface area contributed by atoms with E-state index in [9.17, 15) is 9.59 Å². The first-order valence-electron chi connectivity index (χ1n) is 6.58. The fraction of sp³-hybridized carbons (Fsp3) is 0.286. The number of para-hydroxylation sites is 1. The van der Waals surface area contributed by atoms with E-state index < -0.39 is 11.7 Å². The normalized spacial score (nSPS) is 13.9. The number of aryl methyl sites for hydroxylation is 1. The molecule has 1 aliphatic heterocycles. The number of hydrogen-bond acceptors (Lipinski definition) is 5. The van der Waals surface area contributed by atoms with Gasteiger partial charge in [0.25, 0.3) is 11.7 Å². The second kappa shape index (κ2) is 5.29. The van der Waals surface area contributed by atoms with Crippen LogP contribution in [0.4, 0.5) is 5.69 Å². The van der Waals surface area contributed by atoms with Gasteiger partial charge in [-0.2, -0.15) is 4.98 Å². The van der Waals surface area contributed by atoms with Gasteiger partial charge in [0, 0.05) is 6.42 Å². The third-order valence-corrected chi connectivity index (χ3v) is 3.52. The first-order valence-corrected chi connectivity index (χ1v) is 6.95. The van der Waals surface area contributed by atoms with Gasteiger partial charge in [-0.15, -0.1) is 0 Å².